The molecule has 114 valence electrons. The number of hydrogen-bond acceptors (Lipinski definition) is 3. The quantitative estimate of drug-likeness (QED) is 0.789. The minimum atomic E-state index is -0.116. The third kappa shape index (κ3) is 6.46. The van der Waals surface area contributed by atoms with Crippen molar-refractivity contribution in [1.82, 2.24) is 15.1 Å². The lowest BCUT2D eigenvalue weighted by molar-refractivity contribution is 0.273. The minimum Gasteiger partial charge on any atom is -0.310 e. The molecule has 1 aromatic carbocycles. The molecule has 0 fully saturated rings. The third-order valence-electron chi connectivity index (χ3n) is 3.19. The molecule has 0 saturated carbocycles. The Morgan fingerprint density at radius 2 is 1.85 bits per heavy atom. The predicted molar refractivity (Wildman–Crippen MR) is 83.3 cm³/mol. The van der Waals surface area contributed by atoms with E-state index < -0.39 is 0 Å². The van der Waals surface area contributed by atoms with E-state index in [0.717, 1.165) is 30.8 Å². The highest BCUT2D eigenvalue weighted by atomic mass is 19.1. The Morgan fingerprint density at radius 1 is 1.15 bits per heavy atom. The fourth-order valence-electron chi connectivity index (χ4n) is 1.92. The molecule has 1 aromatic rings. The summed E-state index contributed by atoms with van der Waals surface area (Å²) in [7, 11) is 6.13. The van der Waals surface area contributed by atoms with Gasteiger partial charge in [-0.15, -0.1) is 0 Å². The molecule has 1 rings (SSSR count). The van der Waals surface area contributed by atoms with Crippen molar-refractivity contribution in [2.75, 3.05) is 34.2 Å². The van der Waals surface area contributed by atoms with E-state index in [9.17, 15) is 4.39 Å². The molecule has 0 aliphatic rings. The zero-order chi connectivity index (χ0) is 15.1. The molecule has 0 spiro atoms. The molecular formula is C16H28FN3. The fourth-order valence-corrected chi connectivity index (χ4v) is 1.92. The first-order chi connectivity index (χ1) is 9.38. The highest BCUT2D eigenvalue weighted by Gasteiger charge is 2.07. The SMILES string of the molecule is CC(C)NCc1ccc(F)c(CN(C)CCN(C)C)c1. The van der Waals surface area contributed by atoms with E-state index in [-0.39, 0.29) is 5.82 Å². The largest absolute Gasteiger partial charge is 0.310 e. The smallest absolute Gasteiger partial charge is 0.127 e. The van der Waals surface area contributed by atoms with Crippen LogP contribution in [-0.2, 0) is 13.1 Å². The Bertz CT molecular complexity index is 405. The van der Waals surface area contributed by atoms with Crippen LogP contribution in [0.2, 0.25) is 0 Å². The Kier molecular flexibility index (Phi) is 7.13. The van der Waals surface area contributed by atoms with Crippen molar-refractivity contribution < 1.29 is 4.39 Å². The van der Waals surface area contributed by atoms with Gasteiger partial charge in [-0.2, -0.15) is 0 Å². The second kappa shape index (κ2) is 8.35. The molecule has 0 unspecified atom stereocenters. The lowest BCUT2D eigenvalue weighted by atomic mass is 10.1. The summed E-state index contributed by atoms with van der Waals surface area (Å²) in [5.74, 6) is -0.116. The molecule has 0 heterocycles. The van der Waals surface area contributed by atoms with Gasteiger partial charge in [0.05, 0.1) is 0 Å². The van der Waals surface area contributed by atoms with E-state index in [2.05, 4.69) is 29.0 Å². The number of hydrogen-bond donors (Lipinski definition) is 1. The van der Waals surface area contributed by atoms with Crippen molar-refractivity contribution in [2.24, 2.45) is 0 Å². The maximum atomic E-state index is 13.9. The molecule has 0 aliphatic heterocycles. The normalized spacial score (nSPS) is 11.8. The zero-order valence-electron chi connectivity index (χ0n) is 13.4. The van der Waals surface area contributed by atoms with E-state index in [1.54, 1.807) is 6.07 Å². The number of likely N-dealkylation sites (N-methyl/N-ethyl adjacent to an activating group) is 2. The first kappa shape index (κ1) is 17.1. The van der Waals surface area contributed by atoms with E-state index in [0.29, 0.717) is 12.6 Å². The molecule has 4 heteroatoms. The van der Waals surface area contributed by atoms with Gasteiger partial charge in [-0.3, -0.25) is 0 Å². The molecule has 3 nitrogen and oxygen atoms in total. The van der Waals surface area contributed by atoms with E-state index >= 15 is 0 Å². The summed E-state index contributed by atoms with van der Waals surface area (Å²) in [6.45, 7) is 7.56. The first-order valence-electron chi connectivity index (χ1n) is 7.22. The van der Waals surface area contributed by atoms with Crippen LogP contribution in [0.1, 0.15) is 25.0 Å². The number of rotatable bonds is 8. The molecule has 0 saturated heterocycles. The van der Waals surface area contributed by atoms with Crippen molar-refractivity contribution in [2.45, 2.75) is 33.0 Å². The molecule has 20 heavy (non-hydrogen) atoms. The number of halogens is 1. The van der Waals surface area contributed by atoms with E-state index in [1.165, 1.54) is 0 Å². The van der Waals surface area contributed by atoms with Gasteiger partial charge in [-0.05, 0) is 32.8 Å². The average Bonchev–Trinajstić information content (AvgIpc) is 2.37. The van der Waals surface area contributed by atoms with Crippen LogP contribution in [0.4, 0.5) is 4.39 Å². The topological polar surface area (TPSA) is 18.5 Å². The Balaban J connectivity index is 2.61. The van der Waals surface area contributed by atoms with E-state index in [1.807, 2.05) is 33.3 Å². The molecule has 0 aliphatic carbocycles. The second-order valence-electron chi connectivity index (χ2n) is 6.00. The molecule has 0 bridgehead atoms. The first-order valence-corrected chi connectivity index (χ1v) is 7.22. The molecular weight excluding hydrogens is 253 g/mol. The van der Waals surface area contributed by atoms with Gasteiger partial charge < -0.3 is 15.1 Å². The van der Waals surface area contributed by atoms with Gasteiger partial charge in [-0.25, -0.2) is 4.39 Å². The minimum absolute atomic E-state index is 0.116. The Labute approximate surface area is 122 Å². The van der Waals surface area contributed by atoms with Gasteiger partial charge in [0.1, 0.15) is 5.82 Å². The number of nitrogens with one attached hydrogen (secondary N) is 1. The molecule has 0 atom stereocenters. The number of benzene rings is 1. The number of nitrogens with zero attached hydrogens (tertiary/aromatic N) is 2. The highest BCUT2D eigenvalue weighted by Crippen LogP contribution is 2.13. The highest BCUT2D eigenvalue weighted by molar-refractivity contribution is 5.25. The lowest BCUT2D eigenvalue weighted by Crippen LogP contribution is -2.28. The standard InChI is InChI=1S/C16H28FN3/c1-13(2)18-11-14-6-7-16(17)15(10-14)12-20(5)9-8-19(3)4/h6-7,10,13,18H,8-9,11-12H2,1-5H3. The van der Waals surface area contributed by atoms with Gasteiger partial charge in [0.15, 0.2) is 0 Å². The van der Waals surface area contributed by atoms with Crippen molar-refractivity contribution >= 4 is 0 Å². The summed E-state index contributed by atoms with van der Waals surface area (Å²) < 4.78 is 13.9. The van der Waals surface area contributed by atoms with Gasteiger partial charge in [0, 0.05) is 37.8 Å². The van der Waals surface area contributed by atoms with Gasteiger partial charge in [0.25, 0.3) is 0 Å². The summed E-state index contributed by atoms with van der Waals surface area (Å²) in [4.78, 5) is 4.29. The second-order valence-corrected chi connectivity index (χ2v) is 6.00. The molecule has 1 N–H and O–H groups in total. The van der Waals surface area contributed by atoms with Gasteiger partial charge in [0.2, 0.25) is 0 Å². The monoisotopic (exact) mass is 281 g/mol. The van der Waals surface area contributed by atoms with Gasteiger partial charge in [-0.1, -0.05) is 26.0 Å². The maximum Gasteiger partial charge on any atom is 0.127 e. The Morgan fingerprint density at radius 3 is 2.45 bits per heavy atom. The van der Waals surface area contributed by atoms with Crippen molar-refractivity contribution in [1.29, 1.82) is 0 Å². The summed E-state index contributed by atoms with van der Waals surface area (Å²) in [6, 6.07) is 5.84. The fraction of sp³-hybridized carbons (Fsp3) is 0.625. The summed E-state index contributed by atoms with van der Waals surface area (Å²) >= 11 is 0. The van der Waals surface area contributed by atoms with Crippen LogP contribution in [0, 0.1) is 5.82 Å². The van der Waals surface area contributed by atoms with Crippen LogP contribution in [0.25, 0.3) is 0 Å². The maximum absolute atomic E-state index is 13.9. The van der Waals surface area contributed by atoms with Crippen LogP contribution in [0.3, 0.4) is 0 Å². The van der Waals surface area contributed by atoms with Crippen LogP contribution < -0.4 is 5.32 Å². The van der Waals surface area contributed by atoms with Crippen LogP contribution in [0.15, 0.2) is 18.2 Å². The molecule has 0 amide bonds. The zero-order valence-corrected chi connectivity index (χ0v) is 13.4. The van der Waals surface area contributed by atoms with Crippen LogP contribution >= 0.6 is 0 Å². The predicted octanol–water partition coefficient (Wildman–Crippen LogP) is 2.32. The molecule has 0 aromatic heterocycles. The lowest BCUT2D eigenvalue weighted by Gasteiger charge is -2.20. The van der Waals surface area contributed by atoms with Gasteiger partial charge >= 0.3 is 0 Å². The third-order valence-corrected chi connectivity index (χ3v) is 3.19. The molecule has 0 radical (unpaired) electrons. The summed E-state index contributed by atoms with van der Waals surface area (Å²) in [6.07, 6.45) is 0. The average molecular weight is 281 g/mol. The van der Waals surface area contributed by atoms with Crippen LogP contribution in [0.5, 0.6) is 0 Å². The van der Waals surface area contributed by atoms with Crippen molar-refractivity contribution in [3.8, 4) is 0 Å². The van der Waals surface area contributed by atoms with Crippen LogP contribution in [-0.4, -0.2) is 50.1 Å². The summed E-state index contributed by atoms with van der Waals surface area (Å²) in [5.41, 5.74) is 1.91. The Hall–Kier alpha value is -0.970. The van der Waals surface area contributed by atoms with E-state index in [4.69, 9.17) is 0 Å². The summed E-state index contributed by atoms with van der Waals surface area (Å²) in [5, 5.41) is 3.36. The van der Waals surface area contributed by atoms with Crippen molar-refractivity contribution in [3.63, 3.8) is 0 Å². The van der Waals surface area contributed by atoms with Crippen molar-refractivity contribution in [3.05, 3.63) is 35.1 Å².